The van der Waals surface area contributed by atoms with E-state index in [1.165, 1.54) is 31.3 Å². The van der Waals surface area contributed by atoms with Gasteiger partial charge in [-0.1, -0.05) is 121 Å². The van der Waals surface area contributed by atoms with Gasteiger partial charge in [0.05, 0.1) is 22.1 Å². The second kappa shape index (κ2) is 11.0. The summed E-state index contributed by atoms with van der Waals surface area (Å²) in [4.78, 5) is 5.53. The number of hydrogen-bond donors (Lipinski definition) is 0. The standard InChI is InChI=1S/C47H28N2OS/c1-2-12-29(13-3-1)30-14-10-15-31(26-30)32-27-39(37-20-11-19-36-34-17-6-9-23-43(34)51-47(36)37)48-44(28-32)49-40-21-7-4-18-38(40)45-41(49)25-24-35-33-16-5-8-22-42(33)50-46(35)45/h1-28H. The Labute approximate surface area is 297 Å². The highest BCUT2D eigenvalue weighted by molar-refractivity contribution is 7.26. The van der Waals surface area contributed by atoms with Gasteiger partial charge in [0.2, 0.25) is 0 Å². The van der Waals surface area contributed by atoms with Crippen molar-refractivity contribution in [2.24, 2.45) is 0 Å². The SMILES string of the molecule is c1ccc(-c2cccc(-c3cc(-c4cccc5c4sc4ccccc45)nc(-n4c5ccccc5c5c6oc7ccccc7c6ccc54)c3)c2)cc1. The van der Waals surface area contributed by atoms with Crippen molar-refractivity contribution in [1.29, 1.82) is 0 Å². The molecule has 0 aliphatic heterocycles. The lowest BCUT2D eigenvalue weighted by molar-refractivity contribution is 0.673. The van der Waals surface area contributed by atoms with Gasteiger partial charge in [-0.2, -0.15) is 0 Å². The molecule has 0 spiro atoms. The zero-order chi connectivity index (χ0) is 33.5. The Morgan fingerprint density at radius 1 is 0.471 bits per heavy atom. The minimum Gasteiger partial charge on any atom is -0.455 e. The topological polar surface area (TPSA) is 31.0 Å². The van der Waals surface area contributed by atoms with Gasteiger partial charge in [-0.05, 0) is 70.8 Å². The van der Waals surface area contributed by atoms with E-state index in [-0.39, 0.29) is 0 Å². The van der Waals surface area contributed by atoms with Gasteiger partial charge in [-0.3, -0.25) is 4.57 Å². The van der Waals surface area contributed by atoms with Crippen LogP contribution in [0.3, 0.4) is 0 Å². The fourth-order valence-corrected chi connectivity index (χ4v) is 9.10. The van der Waals surface area contributed by atoms with E-state index < -0.39 is 0 Å². The lowest BCUT2D eigenvalue weighted by Crippen LogP contribution is -2.00. The minimum absolute atomic E-state index is 0.868. The number of para-hydroxylation sites is 2. The Hall–Kier alpha value is -6.49. The average Bonchev–Trinajstić information content (AvgIpc) is 3.88. The van der Waals surface area contributed by atoms with Gasteiger partial charge in [0.15, 0.2) is 0 Å². The van der Waals surface area contributed by atoms with Crippen LogP contribution in [0.2, 0.25) is 0 Å². The molecule has 0 N–H and O–H groups in total. The summed E-state index contributed by atoms with van der Waals surface area (Å²) >= 11 is 1.84. The van der Waals surface area contributed by atoms with Crippen LogP contribution in [0.25, 0.3) is 103 Å². The van der Waals surface area contributed by atoms with Crippen LogP contribution in [0.4, 0.5) is 0 Å². The maximum absolute atomic E-state index is 6.61. The highest BCUT2D eigenvalue weighted by Gasteiger charge is 2.21. The molecule has 3 nitrogen and oxygen atoms in total. The molecule has 51 heavy (non-hydrogen) atoms. The smallest absolute Gasteiger partial charge is 0.145 e. The van der Waals surface area contributed by atoms with Crippen LogP contribution >= 0.6 is 11.3 Å². The van der Waals surface area contributed by atoms with Gasteiger partial charge in [0, 0.05) is 41.9 Å². The fourth-order valence-electron chi connectivity index (χ4n) is 7.87. The summed E-state index contributed by atoms with van der Waals surface area (Å²) in [5.41, 5.74) is 10.7. The molecule has 0 bridgehead atoms. The van der Waals surface area contributed by atoms with Crippen molar-refractivity contribution in [3.63, 3.8) is 0 Å². The van der Waals surface area contributed by atoms with Crippen LogP contribution in [0.5, 0.6) is 0 Å². The summed E-state index contributed by atoms with van der Waals surface area (Å²) < 4.78 is 11.5. The predicted octanol–water partition coefficient (Wildman–Crippen LogP) is 13.4. The number of nitrogens with zero attached hydrogens (tertiary/aromatic N) is 2. The molecule has 11 aromatic rings. The summed E-state index contributed by atoms with van der Waals surface area (Å²) in [6.07, 6.45) is 0. The molecular weight excluding hydrogens is 641 g/mol. The van der Waals surface area contributed by atoms with Gasteiger partial charge in [-0.25, -0.2) is 4.98 Å². The molecule has 4 heterocycles. The van der Waals surface area contributed by atoms with Gasteiger partial charge in [0.1, 0.15) is 17.0 Å². The zero-order valence-electron chi connectivity index (χ0n) is 27.4. The third-order valence-corrected chi connectivity index (χ3v) is 11.4. The first-order chi connectivity index (χ1) is 25.3. The first kappa shape index (κ1) is 28.4. The third-order valence-electron chi connectivity index (χ3n) is 10.2. The van der Waals surface area contributed by atoms with Crippen LogP contribution in [-0.4, -0.2) is 9.55 Å². The normalized spacial score (nSPS) is 11.9. The Kier molecular flexibility index (Phi) is 6.12. The lowest BCUT2D eigenvalue weighted by atomic mass is 9.98. The Morgan fingerprint density at radius 2 is 1.18 bits per heavy atom. The van der Waals surface area contributed by atoms with Crippen molar-refractivity contribution < 1.29 is 4.42 Å². The van der Waals surface area contributed by atoms with E-state index in [2.05, 4.69) is 168 Å². The molecule has 0 aliphatic rings. The van der Waals surface area contributed by atoms with Gasteiger partial charge in [-0.15, -0.1) is 11.3 Å². The van der Waals surface area contributed by atoms with Crippen molar-refractivity contribution in [3.05, 3.63) is 170 Å². The molecule has 0 aliphatic carbocycles. The van der Waals surface area contributed by atoms with E-state index in [1.54, 1.807) is 0 Å². The summed E-state index contributed by atoms with van der Waals surface area (Å²) in [7, 11) is 0. The van der Waals surface area contributed by atoms with E-state index in [0.29, 0.717) is 0 Å². The van der Waals surface area contributed by atoms with Crippen LogP contribution in [-0.2, 0) is 0 Å². The molecule has 0 amide bonds. The van der Waals surface area contributed by atoms with Crippen molar-refractivity contribution in [3.8, 4) is 39.3 Å². The molecule has 0 saturated carbocycles. The van der Waals surface area contributed by atoms with Crippen molar-refractivity contribution >= 4 is 75.3 Å². The van der Waals surface area contributed by atoms with E-state index in [4.69, 9.17) is 9.40 Å². The Bertz CT molecular complexity index is 3150. The number of furan rings is 1. The van der Waals surface area contributed by atoms with Crippen molar-refractivity contribution in [2.75, 3.05) is 0 Å². The monoisotopic (exact) mass is 668 g/mol. The first-order valence-corrected chi connectivity index (χ1v) is 18.0. The number of thiophene rings is 1. The Balaban J connectivity index is 1.22. The zero-order valence-corrected chi connectivity index (χ0v) is 28.2. The second-order valence-electron chi connectivity index (χ2n) is 13.1. The Morgan fingerprint density at radius 3 is 2.08 bits per heavy atom. The largest absolute Gasteiger partial charge is 0.455 e. The van der Waals surface area contributed by atoms with Gasteiger partial charge in [0.25, 0.3) is 0 Å². The first-order valence-electron chi connectivity index (χ1n) is 17.2. The molecule has 11 rings (SSSR count). The molecule has 4 aromatic heterocycles. The molecular formula is C47H28N2OS. The van der Waals surface area contributed by atoms with Crippen LogP contribution < -0.4 is 0 Å². The van der Waals surface area contributed by atoms with Crippen LogP contribution in [0, 0.1) is 0 Å². The third kappa shape index (κ3) is 4.33. The summed E-state index contributed by atoms with van der Waals surface area (Å²) in [5.74, 6) is 0.868. The summed E-state index contributed by atoms with van der Waals surface area (Å²) in [6, 6.07) is 60.6. The van der Waals surface area contributed by atoms with Crippen LogP contribution in [0.15, 0.2) is 174 Å². The van der Waals surface area contributed by atoms with Crippen molar-refractivity contribution in [1.82, 2.24) is 9.55 Å². The number of fused-ring (bicyclic) bond motifs is 10. The number of benzene rings is 7. The number of rotatable bonds is 4. The van der Waals surface area contributed by atoms with Gasteiger partial charge < -0.3 is 4.42 Å². The molecule has 0 atom stereocenters. The lowest BCUT2D eigenvalue weighted by Gasteiger charge is -2.14. The van der Waals surface area contributed by atoms with Crippen molar-refractivity contribution in [2.45, 2.75) is 0 Å². The molecule has 0 fully saturated rings. The summed E-state index contributed by atoms with van der Waals surface area (Å²) in [6.45, 7) is 0. The number of pyridine rings is 1. The highest BCUT2D eigenvalue weighted by Crippen LogP contribution is 2.43. The molecule has 0 radical (unpaired) electrons. The minimum atomic E-state index is 0.868. The van der Waals surface area contributed by atoms with E-state index in [0.717, 1.165) is 71.9 Å². The maximum Gasteiger partial charge on any atom is 0.145 e. The average molecular weight is 669 g/mol. The fraction of sp³-hybridized carbons (Fsp3) is 0. The van der Waals surface area contributed by atoms with E-state index >= 15 is 0 Å². The van der Waals surface area contributed by atoms with Crippen LogP contribution in [0.1, 0.15) is 0 Å². The quantitative estimate of drug-likeness (QED) is 0.187. The molecule has 238 valence electrons. The predicted molar refractivity (Wildman–Crippen MR) is 215 cm³/mol. The van der Waals surface area contributed by atoms with E-state index in [9.17, 15) is 0 Å². The summed E-state index contributed by atoms with van der Waals surface area (Å²) in [5, 5.41) is 7.04. The molecule has 4 heteroatoms. The maximum atomic E-state index is 6.61. The van der Waals surface area contributed by atoms with Gasteiger partial charge >= 0.3 is 0 Å². The molecule has 7 aromatic carbocycles. The molecule has 0 unspecified atom stereocenters. The highest BCUT2D eigenvalue weighted by atomic mass is 32.1. The van der Waals surface area contributed by atoms with E-state index in [1.807, 2.05) is 17.4 Å². The second-order valence-corrected chi connectivity index (χ2v) is 14.2. The number of aromatic nitrogens is 2. The number of hydrogen-bond acceptors (Lipinski definition) is 3. The molecule has 0 saturated heterocycles.